The number of benzene rings is 1. The first-order valence-corrected chi connectivity index (χ1v) is 8.84. The fraction of sp³-hybridized carbons (Fsp3) is 0.235. The van der Waals surface area contributed by atoms with Gasteiger partial charge in [-0.3, -0.25) is 9.36 Å². The van der Waals surface area contributed by atoms with Crippen LogP contribution in [0.25, 0.3) is 17.3 Å². The number of halogens is 3. The van der Waals surface area contributed by atoms with Gasteiger partial charge in [-0.15, -0.1) is 10.2 Å². The molecule has 2 aromatic heterocycles. The van der Waals surface area contributed by atoms with Crippen LogP contribution >= 0.6 is 11.8 Å². The number of carbonyl (C=O) groups excluding carboxylic acids is 1. The Labute approximate surface area is 156 Å². The van der Waals surface area contributed by atoms with Crippen molar-refractivity contribution in [1.82, 2.24) is 14.8 Å². The summed E-state index contributed by atoms with van der Waals surface area (Å²) in [6.07, 6.45) is -3.07. The standard InChI is InChI=1S/C17H14F3N3O3S/c1-2-25-14(24)10-27-16-22-21-15(13-7-4-8-26-13)23(16)12-6-3-5-11(9-12)17(18,19)20/h3-9H,2,10H2,1H3. The zero-order valence-corrected chi connectivity index (χ0v) is 14.9. The Hall–Kier alpha value is -2.75. The lowest BCUT2D eigenvalue weighted by Gasteiger charge is -2.12. The van der Waals surface area contributed by atoms with Gasteiger partial charge in [0.1, 0.15) is 0 Å². The van der Waals surface area contributed by atoms with E-state index in [0.29, 0.717) is 5.76 Å². The van der Waals surface area contributed by atoms with Crippen LogP contribution in [0.5, 0.6) is 0 Å². The van der Waals surface area contributed by atoms with Crippen molar-refractivity contribution in [2.45, 2.75) is 18.3 Å². The first kappa shape index (κ1) is 19.0. The minimum atomic E-state index is -4.49. The number of rotatable bonds is 6. The molecular weight excluding hydrogens is 383 g/mol. The lowest BCUT2D eigenvalue weighted by atomic mass is 10.2. The normalized spacial score (nSPS) is 11.6. The molecule has 0 aliphatic carbocycles. The molecule has 2 heterocycles. The Morgan fingerprint density at radius 3 is 2.74 bits per heavy atom. The average Bonchev–Trinajstić information content (AvgIpc) is 3.29. The summed E-state index contributed by atoms with van der Waals surface area (Å²) in [7, 11) is 0. The topological polar surface area (TPSA) is 70.2 Å². The Morgan fingerprint density at radius 2 is 2.07 bits per heavy atom. The van der Waals surface area contributed by atoms with Crippen molar-refractivity contribution < 1.29 is 27.1 Å². The molecule has 6 nitrogen and oxygen atoms in total. The summed E-state index contributed by atoms with van der Waals surface area (Å²) in [5.74, 6) is 0.0533. The highest BCUT2D eigenvalue weighted by Gasteiger charge is 2.31. The first-order valence-electron chi connectivity index (χ1n) is 7.85. The molecule has 0 unspecified atom stereocenters. The summed E-state index contributed by atoms with van der Waals surface area (Å²) in [4.78, 5) is 11.6. The molecule has 0 bridgehead atoms. The third-order valence-corrected chi connectivity index (χ3v) is 4.33. The second kappa shape index (κ2) is 7.87. The second-order valence-electron chi connectivity index (χ2n) is 5.26. The SMILES string of the molecule is CCOC(=O)CSc1nnc(-c2ccco2)n1-c1cccc(C(F)(F)F)c1. The minimum Gasteiger partial charge on any atom is -0.465 e. The van der Waals surface area contributed by atoms with Gasteiger partial charge in [-0.25, -0.2) is 0 Å². The number of nitrogens with zero attached hydrogens (tertiary/aromatic N) is 3. The van der Waals surface area contributed by atoms with Gasteiger partial charge in [0.15, 0.2) is 10.9 Å². The van der Waals surface area contributed by atoms with Crippen LogP contribution in [0.15, 0.2) is 52.2 Å². The molecule has 0 aliphatic rings. The van der Waals surface area contributed by atoms with Gasteiger partial charge in [0.05, 0.1) is 29.9 Å². The van der Waals surface area contributed by atoms with Crippen molar-refractivity contribution in [2.75, 3.05) is 12.4 Å². The molecule has 0 saturated carbocycles. The van der Waals surface area contributed by atoms with Crippen LogP contribution in [0.2, 0.25) is 0 Å². The van der Waals surface area contributed by atoms with E-state index in [9.17, 15) is 18.0 Å². The molecule has 0 spiro atoms. The molecule has 0 saturated heterocycles. The van der Waals surface area contributed by atoms with Crippen molar-refractivity contribution in [3.05, 3.63) is 48.2 Å². The molecule has 0 N–H and O–H groups in total. The van der Waals surface area contributed by atoms with E-state index in [-0.39, 0.29) is 29.0 Å². The van der Waals surface area contributed by atoms with Gasteiger partial charge in [-0.05, 0) is 37.3 Å². The van der Waals surface area contributed by atoms with Crippen LogP contribution in [-0.4, -0.2) is 33.1 Å². The molecule has 27 heavy (non-hydrogen) atoms. The lowest BCUT2D eigenvalue weighted by Crippen LogP contribution is -2.09. The lowest BCUT2D eigenvalue weighted by molar-refractivity contribution is -0.140. The summed E-state index contributed by atoms with van der Waals surface area (Å²) in [5, 5.41) is 8.26. The second-order valence-corrected chi connectivity index (χ2v) is 6.20. The minimum absolute atomic E-state index is 0.0525. The van der Waals surface area contributed by atoms with Crippen LogP contribution < -0.4 is 0 Å². The summed E-state index contributed by atoms with van der Waals surface area (Å²) < 4.78 is 50.9. The number of hydrogen-bond acceptors (Lipinski definition) is 6. The Morgan fingerprint density at radius 1 is 1.26 bits per heavy atom. The van der Waals surface area contributed by atoms with E-state index in [1.807, 2.05) is 0 Å². The highest BCUT2D eigenvalue weighted by Crippen LogP contribution is 2.33. The highest BCUT2D eigenvalue weighted by molar-refractivity contribution is 7.99. The van der Waals surface area contributed by atoms with Gasteiger partial charge >= 0.3 is 12.1 Å². The smallest absolute Gasteiger partial charge is 0.416 e. The number of ether oxygens (including phenoxy) is 1. The Kier molecular flexibility index (Phi) is 5.54. The fourth-order valence-electron chi connectivity index (χ4n) is 2.31. The van der Waals surface area contributed by atoms with Crippen LogP contribution in [0.1, 0.15) is 12.5 Å². The predicted molar refractivity (Wildman–Crippen MR) is 91.4 cm³/mol. The van der Waals surface area contributed by atoms with Gasteiger partial charge in [0.2, 0.25) is 5.82 Å². The predicted octanol–water partition coefficient (Wildman–Crippen LogP) is 4.20. The van der Waals surface area contributed by atoms with Crippen molar-refractivity contribution in [2.24, 2.45) is 0 Å². The quantitative estimate of drug-likeness (QED) is 0.459. The van der Waals surface area contributed by atoms with Crippen LogP contribution in [0.4, 0.5) is 13.2 Å². The molecule has 0 atom stereocenters. The van der Waals surface area contributed by atoms with Crippen LogP contribution in [0, 0.1) is 0 Å². The fourth-order valence-corrected chi connectivity index (χ4v) is 3.06. The van der Waals surface area contributed by atoms with Gasteiger partial charge < -0.3 is 9.15 Å². The van der Waals surface area contributed by atoms with E-state index in [4.69, 9.17) is 9.15 Å². The van der Waals surface area contributed by atoms with E-state index in [1.54, 1.807) is 19.1 Å². The van der Waals surface area contributed by atoms with Gasteiger partial charge in [-0.2, -0.15) is 13.2 Å². The number of thioether (sulfide) groups is 1. The molecule has 0 amide bonds. The molecule has 1 aromatic carbocycles. The number of esters is 1. The Bertz CT molecular complexity index is 923. The van der Waals surface area contributed by atoms with E-state index in [1.165, 1.54) is 23.0 Å². The molecule has 0 fully saturated rings. The van der Waals surface area contributed by atoms with Gasteiger partial charge in [0, 0.05) is 0 Å². The maximum absolute atomic E-state index is 13.1. The summed E-state index contributed by atoms with van der Waals surface area (Å²) in [5.41, 5.74) is -0.604. The molecule has 0 radical (unpaired) electrons. The van der Waals surface area contributed by atoms with E-state index in [0.717, 1.165) is 23.9 Å². The third kappa shape index (κ3) is 4.33. The number of hydrogen-bond donors (Lipinski definition) is 0. The zero-order valence-electron chi connectivity index (χ0n) is 14.1. The van der Waals surface area contributed by atoms with E-state index >= 15 is 0 Å². The number of aromatic nitrogens is 3. The largest absolute Gasteiger partial charge is 0.465 e. The van der Waals surface area contributed by atoms with E-state index in [2.05, 4.69) is 10.2 Å². The first-order chi connectivity index (χ1) is 12.9. The van der Waals surface area contributed by atoms with Crippen molar-refractivity contribution >= 4 is 17.7 Å². The Balaban J connectivity index is 2.03. The molecule has 3 aromatic rings. The summed E-state index contributed by atoms with van der Waals surface area (Å²) in [6.45, 7) is 1.92. The van der Waals surface area contributed by atoms with E-state index < -0.39 is 17.7 Å². The monoisotopic (exact) mass is 397 g/mol. The summed E-state index contributed by atoms with van der Waals surface area (Å²) in [6, 6.07) is 8.01. The van der Waals surface area contributed by atoms with Gasteiger partial charge in [-0.1, -0.05) is 17.8 Å². The number of furan rings is 1. The number of alkyl halides is 3. The van der Waals surface area contributed by atoms with Crippen LogP contribution in [-0.2, 0) is 15.7 Å². The molecule has 10 heteroatoms. The molecule has 0 aliphatic heterocycles. The molecule has 142 valence electrons. The molecule has 3 rings (SSSR count). The summed E-state index contributed by atoms with van der Waals surface area (Å²) >= 11 is 1.01. The third-order valence-electron chi connectivity index (χ3n) is 3.43. The number of carbonyl (C=O) groups is 1. The van der Waals surface area contributed by atoms with Crippen LogP contribution in [0.3, 0.4) is 0 Å². The van der Waals surface area contributed by atoms with Crippen molar-refractivity contribution in [3.63, 3.8) is 0 Å². The van der Waals surface area contributed by atoms with Crippen molar-refractivity contribution in [1.29, 1.82) is 0 Å². The maximum Gasteiger partial charge on any atom is 0.416 e. The maximum atomic E-state index is 13.1. The highest BCUT2D eigenvalue weighted by atomic mass is 32.2. The zero-order chi connectivity index (χ0) is 19.4. The van der Waals surface area contributed by atoms with Gasteiger partial charge in [0.25, 0.3) is 0 Å². The van der Waals surface area contributed by atoms with Crippen molar-refractivity contribution in [3.8, 4) is 17.3 Å². The average molecular weight is 397 g/mol. The molecular formula is C17H14F3N3O3S.